The monoisotopic (exact) mass is 500 g/mol. The summed E-state index contributed by atoms with van der Waals surface area (Å²) in [4.78, 5) is 22.6. The minimum absolute atomic E-state index is 0.0535. The lowest BCUT2D eigenvalue weighted by Crippen LogP contribution is -2.36. The zero-order valence-electron chi connectivity index (χ0n) is 20.9. The average molecular weight is 501 g/mol. The van der Waals surface area contributed by atoms with Crippen LogP contribution in [0.2, 0.25) is 0 Å². The van der Waals surface area contributed by atoms with Crippen molar-refractivity contribution in [1.82, 2.24) is 24.6 Å². The molecular formula is C28H29FN6O2. The summed E-state index contributed by atoms with van der Waals surface area (Å²) < 4.78 is 18.0. The van der Waals surface area contributed by atoms with Crippen LogP contribution in [0.3, 0.4) is 0 Å². The van der Waals surface area contributed by atoms with Gasteiger partial charge in [0.05, 0.1) is 17.3 Å². The van der Waals surface area contributed by atoms with Gasteiger partial charge in [0.2, 0.25) is 5.95 Å². The molecule has 0 atom stereocenters. The van der Waals surface area contributed by atoms with Crippen LogP contribution in [-0.2, 0) is 17.6 Å². The third-order valence-corrected chi connectivity index (χ3v) is 7.85. The van der Waals surface area contributed by atoms with Crippen LogP contribution in [0.15, 0.2) is 47.4 Å². The number of fused-ring (bicyclic) bond motifs is 3. The Morgan fingerprint density at radius 2 is 2.00 bits per heavy atom. The van der Waals surface area contributed by atoms with E-state index in [2.05, 4.69) is 33.8 Å². The van der Waals surface area contributed by atoms with Gasteiger partial charge in [0, 0.05) is 29.5 Å². The van der Waals surface area contributed by atoms with Gasteiger partial charge in [0.15, 0.2) is 5.65 Å². The summed E-state index contributed by atoms with van der Waals surface area (Å²) in [7, 11) is 0. The minimum atomic E-state index is -1.38. The molecule has 3 heterocycles. The fraction of sp³-hybridized carbons (Fsp3) is 0.393. The first kappa shape index (κ1) is 22.6. The summed E-state index contributed by atoms with van der Waals surface area (Å²) >= 11 is 0. The summed E-state index contributed by atoms with van der Waals surface area (Å²) in [6.07, 6.45) is 6.68. The van der Waals surface area contributed by atoms with E-state index in [1.165, 1.54) is 30.0 Å². The fourth-order valence-corrected chi connectivity index (χ4v) is 5.65. The maximum absolute atomic E-state index is 14.6. The number of rotatable bonds is 5. The number of benzene rings is 2. The molecule has 0 unspecified atom stereocenters. The fourth-order valence-electron chi connectivity index (χ4n) is 5.65. The van der Waals surface area contributed by atoms with Crippen LogP contribution in [0.4, 0.5) is 16.0 Å². The second-order valence-corrected chi connectivity index (χ2v) is 11.1. The molecule has 190 valence electrons. The molecule has 3 aliphatic rings. The minimum Gasteiger partial charge on any atom is -0.386 e. The van der Waals surface area contributed by atoms with Crippen LogP contribution >= 0.6 is 0 Å². The molecule has 2 aromatic carbocycles. The number of aliphatic hydroxyl groups is 1. The Morgan fingerprint density at radius 3 is 2.73 bits per heavy atom. The van der Waals surface area contributed by atoms with Crippen molar-refractivity contribution in [2.75, 3.05) is 11.9 Å². The molecule has 2 fully saturated rings. The quantitative estimate of drug-likeness (QED) is 0.381. The molecule has 37 heavy (non-hydrogen) atoms. The van der Waals surface area contributed by atoms with Crippen molar-refractivity contribution >= 4 is 22.7 Å². The van der Waals surface area contributed by atoms with E-state index < -0.39 is 11.4 Å². The van der Waals surface area contributed by atoms with Gasteiger partial charge in [-0.3, -0.25) is 4.79 Å². The van der Waals surface area contributed by atoms with Crippen molar-refractivity contribution < 1.29 is 9.50 Å². The van der Waals surface area contributed by atoms with Gasteiger partial charge >= 0.3 is 0 Å². The van der Waals surface area contributed by atoms with Crippen LogP contribution in [0.5, 0.6) is 0 Å². The van der Waals surface area contributed by atoms with Crippen LogP contribution in [-0.4, -0.2) is 31.0 Å². The first-order valence-electron chi connectivity index (χ1n) is 12.9. The number of halogens is 1. The Labute approximate surface area is 213 Å². The Morgan fingerprint density at radius 1 is 1.19 bits per heavy atom. The molecule has 1 spiro atoms. The molecule has 9 heteroatoms. The van der Waals surface area contributed by atoms with E-state index in [9.17, 15) is 14.3 Å². The van der Waals surface area contributed by atoms with E-state index in [4.69, 9.17) is 4.98 Å². The number of hydrogen-bond acceptors (Lipinski definition) is 6. The molecule has 7 rings (SSSR count). The van der Waals surface area contributed by atoms with Crippen LogP contribution in [0, 0.1) is 5.82 Å². The SMILES string of the molecule is CC(C)(O)c1cc(-n2c3nc(Nc4ccc5c(c4)CCNC54CC4)ncc3c(=O)n2C2CC2)ccc1F. The summed E-state index contributed by atoms with van der Waals surface area (Å²) in [6.45, 7) is 4.06. The van der Waals surface area contributed by atoms with E-state index in [0.29, 0.717) is 22.7 Å². The number of aromatic nitrogens is 4. The lowest BCUT2D eigenvalue weighted by Gasteiger charge is -2.27. The Hall–Kier alpha value is -3.56. The number of anilines is 2. The van der Waals surface area contributed by atoms with Crippen LogP contribution in [0.1, 0.15) is 62.3 Å². The van der Waals surface area contributed by atoms with Gasteiger partial charge in [-0.15, -0.1) is 0 Å². The second-order valence-electron chi connectivity index (χ2n) is 11.1. The highest BCUT2D eigenvalue weighted by Crippen LogP contribution is 2.49. The molecule has 0 bridgehead atoms. The normalized spacial score (nSPS) is 18.3. The van der Waals surface area contributed by atoms with Crippen molar-refractivity contribution in [3.05, 3.63) is 75.5 Å². The number of nitrogens with one attached hydrogen (secondary N) is 2. The molecule has 2 aliphatic carbocycles. The number of nitrogens with zero attached hydrogens (tertiary/aromatic N) is 4. The molecule has 1 aliphatic heterocycles. The van der Waals surface area contributed by atoms with Gasteiger partial charge in [-0.25, -0.2) is 18.7 Å². The first-order chi connectivity index (χ1) is 17.7. The third kappa shape index (κ3) is 3.67. The summed E-state index contributed by atoms with van der Waals surface area (Å²) in [6, 6.07) is 11.0. The Kier molecular flexibility index (Phi) is 4.72. The van der Waals surface area contributed by atoms with Crippen molar-refractivity contribution in [3.63, 3.8) is 0 Å². The molecule has 0 radical (unpaired) electrons. The molecule has 3 N–H and O–H groups in total. The van der Waals surface area contributed by atoms with Crippen molar-refractivity contribution in [1.29, 1.82) is 0 Å². The summed E-state index contributed by atoms with van der Waals surface area (Å²) in [5.41, 5.74) is 3.41. The van der Waals surface area contributed by atoms with Gasteiger partial charge in [0.1, 0.15) is 11.2 Å². The van der Waals surface area contributed by atoms with Crippen LogP contribution in [0.25, 0.3) is 16.7 Å². The van der Waals surface area contributed by atoms with Crippen molar-refractivity contribution in [3.8, 4) is 5.69 Å². The smallest absolute Gasteiger partial charge is 0.278 e. The summed E-state index contributed by atoms with van der Waals surface area (Å²) in [5.74, 6) is -0.116. The van der Waals surface area contributed by atoms with Gasteiger partial charge < -0.3 is 15.7 Å². The largest absolute Gasteiger partial charge is 0.386 e. The lowest BCUT2D eigenvalue weighted by atomic mass is 9.92. The molecule has 4 aromatic rings. The van der Waals surface area contributed by atoms with E-state index in [0.717, 1.165) is 31.5 Å². The molecular weight excluding hydrogens is 471 g/mol. The molecule has 2 aromatic heterocycles. The molecule has 2 saturated carbocycles. The Bertz CT molecular complexity index is 1620. The maximum atomic E-state index is 14.6. The standard InChI is InChI=1S/C28H29FN6O2/c1-27(2,37)22-14-19(6-8-23(22)29)34-24-20(25(36)35(34)18-4-5-18)15-30-26(33-24)32-17-3-7-21-16(13-17)9-12-31-28(21)10-11-28/h3,6-8,13-15,18,31,37H,4-5,9-12H2,1-2H3,(H,30,32,33). The van der Waals surface area contributed by atoms with Crippen molar-refractivity contribution in [2.45, 2.75) is 63.1 Å². The highest BCUT2D eigenvalue weighted by Gasteiger charge is 2.46. The maximum Gasteiger partial charge on any atom is 0.278 e. The average Bonchev–Trinajstić information content (AvgIpc) is 3.79. The third-order valence-electron chi connectivity index (χ3n) is 7.85. The van der Waals surface area contributed by atoms with Crippen LogP contribution < -0.4 is 16.2 Å². The topological polar surface area (TPSA) is 97.0 Å². The predicted molar refractivity (Wildman–Crippen MR) is 139 cm³/mol. The first-order valence-corrected chi connectivity index (χ1v) is 12.9. The van der Waals surface area contributed by atoms with E-state index in [-0.39, 0.29) is 22.7 Å². The zero-order valence-corrected chi connectivity index (χ0v) is 20.9. The van der Waals surface area contributed by atoms with Gasteiger partial charge in [-0.1, -0.05) is 6.07 Å². The summed E-state index contributed by atoms with van der Waals surface area (Å²) in [5, 5.41) is 17.9. The predicted octanol–water partition coefficient (Wildman–Crippen LogP) is 4.16. The molecule has 8 nitrogen and oxygen atoms in total. The molecule has 0 saturated heterocycles. The van der Waals surface area contributed by atoms with Gasteiger partial charge in [-0.2, -0.15) is 4.98 Å². The zero-order chi connectivity index (χ0) is 25.5. The molecule has 0 amide bonds. The highest BCUT2D eigenvalue weighted by atomic mass is 19.1. The highest BCUT2D eigenvalue weighted by molar-refractivity contribution is 5.77. The van der Waals surface area contributed by atoms with Gasteiger partial charge in [0.25, 0.3) is 5.56 Å². The Balaban J connectivity index is 1.33. The second kappa shape index (κ2) is 7.72. The van der Waals surface area contributed by atoms with E-state index in [1.54, 1.807) is 41.5 Å². The lowest BCUT2D eigenvalue weighted by molar-refractivity contribution is 0.0745. The number of hydrogen-bond donors (Lipinski definition) is 3. The van der Waals surface area contributed by atoms with Crippen molar-refractivity contribution in [2.24, 2.45) is 0 Å². The van der Waals surface area contributed by atoms with E-state index >= 15 is 0 Å². The van der Waals surface area contributed by atoms with E-state index in [1.807, 2.05) is 0 Å². The van der Waals surface area contributed by atoms with Gasteiger partial charge in [-0.05, 0) is 87.4 Å².